The Kier molecular flexibility index (Phi) is 3.96. The number of hydrogen-bond donors (Lipinski definition) is 1. The van der Waals surface area contributed by atoms with Gasteiger partial charge >= 0.3 is 0 Å². The molecule has 1 aliphatic heterocycles. The number of ketones is 3. The first-order valence-corrected chi connectivity index (χ1v) is 9.69. The summed E-state index contributed by atoms with van der Waals surface area (Å²) in [5.74, 6) is -1.30. The summed E-state index contributed by atoms with van der Waals surface area (Å²) in [7, 11) is 0. The van der Waals surface area contributed by atoms with Crippen LogP contribution in [0.4, 0.5) is 0 Å². The Labute approximate surface area is 171 Å². The zero-order chi connectivity index (χ0) is 20.3. The number of halogens is 1. The monoisotopic (exact) mass is 406 g/mol. The highest BCUT2D eigenvalue weighted by molar-refractivity contribution is 6.30. The molecule has 0 amide bonds. The van der Waals surface area contributed by atoms with Crippen molar-refractivity contribution in [3.05, 3.63) is 86.8 Å². The van der Waals surface area contributed by atoms with Gasteiger partial charge in [0.05, 0.1) is 5.57 Å². The molecule has 2 aromatic rings. The summed E-state index contributed by atoms with van der Waals surface area (Å²) >= 11 is 6.03. The number of carbonyl (C=O) groups is 3. The highest BCUT2D eigenvalue weighted by Crippen LogP contribution is 2.48. The number of phenols is 1. The van der Waals surface area contributed by atoms with Crippen molar-refractivity contribution in [2.75, 3.05) is 0 Å². The highest BCUT2D eigenvalue weighted by atomic mass is 35.5. The molecule has 2 aliphatic carbocycles. The van der Waals surface area contributed by atoms with Crippen molar-refractivity contribution in [2.24, 2.45) is 0 Å². The summed E-state index contributed by atoms with van der Waals surface area (Å²) < 4.78 is 5.89. The maximum absolute atomic E-state index is 13.4. The average Bonchev–Trinajstić information content (AvgIpc) is 2.71. The number of ether oxygens (including phenoxy) is 1. The molecule has 144 valence electrons. The van der Waals surface area contributed by atoms with Crippen LogP contribution in [0.1, 0.15) is 51.5 Å². The smallest absolute Gasteiger partial charge is 0.229 e. The van der Waals surface area contributed by atoms with E-state index in [-0.39, 0.29) is 34.0 Å². The largest absolute Gasteiger partial charge is 0.508 e. The van der Waals surface area contributed by atoms with E-state index in [1.54, 1.807) is 24.3 Å². The van der Waals surface area contributed by atoms with E-state index in [9.17, 15) is 19.5 Å². The molecule has 2 aromatic carbocycles. The van der Waals surface area contributed by atoms with Crippen molar-refractivity contribution < 1.29 is 24.2 Å². The van der Waals surface area contributed by atoms with Gasteiger partial charge in [-0.1, -0.05) is 23.7 Å². The van der Waals surface area contributed by atoms with Crippen LogP contribution in [0.2, 0.25) is 5.02 Å². The lowest BCUT2D eigenvalue weighted by Gasteiger charge is -2.35. The van der Waals surface area contributed by atoms with Crippen molar-refractivity contribution >= 4 is 29.0 Å². The molecule has 1 N–H and O–H groups in total. The summed E-state index contributed by atoms with van der Waals surface area (Å²) in [5.41, 5.74) is 1.57. The molecule has 0 saturated heterocycles. The first-order chi connectivity index (χ1) is 14.0. The van der Waals surface area contributed by atoms with Gasteiger partial charge in [-0.25, -0.2) is 0 Å². The van der Waals surface area contributed by atoms with Crippen LogP contribution in [0, 0.1) is 0 Å². The SMILES string of the molecule is O=C1CCCC2=C1C(c1ccc(Cl)cc1)C1=C(O2)C(=O)c2ccc(O)cc2C1=O. The molecular formula is C23H15ClO5. The minimum atomic E-state index is -0.703. The lowest BCUT2D eigenvalue weighted by molar-refractivity contribution is -0.116. The minimum Gasteiger partial charge on any atom is -0.508 e. The van der Waals surface area contributed by atoms with Gasteiger partial charge < -0.3 is 9.84 Å². The van der Waals surface area contributed by atoms with E-state index in [4.69, 9.17) is 16.3 Å². The van der Waals surface area contributed by atoms with Gasteiger partial charge in [-0.2, -0.15) is 0 Å². The van der Waals surface area contributed by atoms with Crippen molar-refractivity contribution in [2.45, 2.75) is 25.2 Å². The molecule has 1 heterocycles. The second-order valence-corrected chi connectivity index (χ2v) is 7.77. The van der Waals surface area contributed by atoms with Gasteiger partial charge in [0.25, 0.3) is 0 Å². The molecule has 0 bridgehead atoms. The van der Waals surface area contributed by atoms with Crippen molar-refractivity contribution in [1.29, 1.82) is 0 Å². The zero-order valence-corrected chi connectivity index (χ0v) is 16.0. The highest BCUT2D eigenvalue weighted by Gasteiger charge is 2.46. The van der Waals surface area contributed by atoms with Crippen LogP contribution in [-0.2, 0) is 9.53 Å². The first kappa shape index (κ1) is 17.9. The summed E-state index contributed by atoms with van der Waals surface area (Å²) in [6.45, 7) is 0. The molecule has 5 rings (SSSR count). The lowest BCUT2D eigenvalue weighted by atomic mass is 9.72. The number of allylic oxidation sites excluding steroid dienone is 4. The maximum Gasteiger partial charge on any atom is 0.229 e. The summed E-state index contributed by atoms with van der Waals surface area (Å²) in [4.78, 5) is 39.4. The molecule has 0 fully saturated rings. The van der Waals surface area contributed by atoms with E-state index in [2.05, 4.69) is 0 Å². The van der Waals surface area contributed by atoms with Crippen molar-refractivity contribution in [3.63, 3.8) is 0 Å². The molecular weight excluding hydrogens is 392 g/mol. The fourth-order valence-electron chi connectivity index (χ4n) is 4.29. The van der Waals surface area contributed by atoms with Crippen LogP contribution in [0.15, 0.2) is 65.1 Å². The van der Waals surface area contributed by atoms with E-state index in [0.717, 1.165) is 0 Å². The predicted molar refractivity (Wildman–Crippen MR) is 105 cm³/mol. The quantitative estimate of drug-likeness (QED) is 0.754. The fraction of sp³-hybridized carbons (Fsp3) is 0.174. The Balaban J connectivity index is 1.76. The van der Waals surface area contributed by atoms with E-state index in [0.29, 0.717) is 41.2 Å². The Morgan fingerprint density at radius 1 is 0.897 bits per heavy atom. The van der Waals surface area contributed by atoms with Crippen molar-refractivity contribution in [3.8, 4) is 5.75 Å². The van der Waals surface area contributed by atoms with Crippen LogP contribution >= 0.6 is 11.6 Å². The Morgan fingerprint density at radius 2 is 1.66 bits per heavy atom. The van der Waals surface area contributed by atoms with Crippen LogP contribution in [-0.4, -0.2) is 22.5 Å². The van der Waals surface area contributed by atoms with Gasteiger partial charge in [0.2, 0.25) is 5.78 Å². The van der Waals surface area contributed by atoms with Gasteiger partial charge in [0.15, 0.2) is 17.3 Å². The molecule has 0 saturated carbocycles. The van der Waals surface area contributed by atoms with E-state index in [1.807, 2.05) is 0 Å². The second-order valence-electron chi connectivity index (χ2n) is 7.33. The number of hydrogen-bond acceptors (Lipinski definition) is 5. The second kappa shape index (κ2) is 6.42. The average molecular weight is 407 g/mol. The number of carbonyl (C=O) groups excluding carboxylic acids is 3. The van der Waals surface area contributed by atoms with Gasteiger partial charge in [-0.3, -0.25) is 14.4 Å². The third-order valence-electron chi connectivity index (χ3n) is 5.60. The number of rotatable bonds is 1. The Morgan fingerprint density at radius 3 is 2.41 bits per heavy atom. The lowest BCUT2D eigenvalue weighted by Crippen LogP contribution is -2.34. The summed E-state index contributed by atoms with van der Waals surface area (Å²) in [5, 5.41) is 10.4. The number of phenolic OH excluding ortho intramolecular Hbond substituents is 1. The topological polar surface area (TPSA) is 80.7 Å². The van der Waals surface area contributed by atoms with E-state index < -0.39 is 17.5 Å². The molecule has 1 atom stereocenters. The van der Waals surface area contributed by atoms with Gasteiger partial charge in [0, 0.05) is 40.5 Å². The van der Waals surface area contributed by atoms with Crippen LogP contribution in [0.25, 0.3) is 0 Å². The molecule has 6 heteroatoms. The van der Waals surface area contributed by atoms with E-state index in [1.165, 1.54) is 18.2 Å². The Bertz CT molecular complexity index is 1170. The summed E-state index contributed by atoms with van der Waals surface area (Å²) in [6.07, 6.45) is 1.54. The van der Waals surface area contributed by atoms with Gasteiger partial charge in [-0.15, -0.1) is 0 Å². The fourth-order valence-corrected chi connectivity index (χ4v) is 4.42. The molecule has 0 spiro atoms. The predicted octanol–water partition coefficient (Wildman–Crippen LogP) is 4.50. The van der Waals surface area contributed by atoms with Crippen molar-refractivity contribution in [1.82, 2.24) is 0 Å². The minimum absolute atomic E-state index is 0.0263. The third-order valence-corrected chi connectivity index (χ3v) is 5.85. The standard InChI is InChI=1S/C23H15ClO5/c24-12-6-4-11(5-7-12)18-19-16(26)2-1-3-17(19)29-23-20(18)21(27)15-10-13(25)8-9-14(15)22(23)28/h4-10,18,25H,1-3H2. The number of Topliss-reactive ketones (excluding diaryl/α,β-unsaturated/α-hetero) is 3. The third kappa shape index (κ3) is 2.65. The Hall–Kier alpha value is -3.18. The van der Waals surface area contributed by atoms with Gasteiger partial charge in [-0.05, 0) is 42.3 Å². The molecule has 0 radical (unpaired) electrons. The molecule has 0 aromatic heterocycles. The number of aromatic hydroxyl groups is 1. The molecule has 1 unspecified atom stereocenters. The zero-order valence-electron chi connectivity index (χ0n) is 15.2. The number of fused-ring (bicyclic) bond motifs is 1. The normalized spacial score (nSPS) is 20.9. The molecule has 5 nitrogen and oxygen atoms in total. The molecule has 29 heavy (non-hydrogen) atoms. The van der Waals surface area contributed by atoms with Gasteiger partial charge in [0.1, 0.15) is 11.5 Å². The van der Waals surface area contributed by atoms with Crippen LogP contribution in [0.3, 0.4) is 0 Å². The van der Waals surface area contributed by atoms with Crippen LogP contribution in [0.5, 0.6) is 5.75 Å². The van der Waals surface area contributed by atoms with Crippen LogP contribution < -0.4 is 0 Å². The summed E-state index contributed by atoms with van der Waals surface area (Å²) in [6, 6.07) is 11.0. The first-order valence-electron chi connectivity index (χ1n) is 9.32. The number of benzene rings is 2. The molecule has 3 aliphatic rings. The van der Waals surface area contributed by atoms with E-state index >= 15 is 0 Å². The maximum atomic E-state index is 13.4.